The molecule has 1 heterocycles. The Morgan fingerprint density at radius 3 is 2.34 bits per heavy atom. The van der Waals surface area contributed by atoms with Crippen molar-refractivity contribution < 1.29 is 33.3 Å². The molecule has 3 atom stereocenters. The Morgan fingerprint density at radius 2 is 1.76 bits per heavy atom. The maximum Gasteiger partial charge on any atom is 0.328 e. The van der Waals surface area contributed by atoms with Gasteiger partial charge in [-0.25, -0.2) is 4.79 Å². The monoisotopic (exact) mass is 588 g/mol. The number of esters is 1. The van der Waals surface area contributed by atoms with Crippen LogP contribution in [0.3, 0.4) is 0 Å². The fraction of sp³-hybridized carbons (Fsp3) is 0.516. The van der Waals surface area contributed by atoms with Gasteiger partial charge in [-0.1, -0.05) is 46.2 Å². The van der Waals surface area contributed by atoms with Gasteiger partial charge < -0.3 is 29.2 Å². The van der Waals surface area contributed by atoms with Crippen LogP contribution in [0.4, 0.5) is 5.69 Å². The summed E-state index contributed by atoms with van der Waals surface area (Å²) in [6.07, 6.45) is -1.88. The van der Waals surface area contributed by atoms with Gasteiger partial charge in [-0.05, 0) is 48.1 Å². The van der Waals surface area contributed by atoms with Crippen molar-refractivity contribution in [1.82, 2.24) is 5.32 Å². The maximum atomic E-state index is 14.1. The van der Waals surface area contributed by atoms with Gasteiger partial charge in [0, 0.05) is 34.4 Å². The molecule has 1 N–H and O–H groups in total. The highest BCUT2D eigenvalue weighted by Crippen LogP contribution is 2.44. The lowest BCUT2D eigenvalue weighted by molar-refractivity contribution is -0.146. The number of carbonyl (C=O) groups is 3. The zero-order valence-electron chi connectivity index (χ0n) is 25.1. The van der Waals surface area contributed by atoms with Crippen molar-refractivity contribution in [2.24, 2.45) is 11.3 Å². The lowest BCUT2D eigenvalue weighted by Gasteiger charge is -2.31. The standard InChI is InChI=1S/C31H41ClN2O7/c1-18(2)13-23(30(37)40-8)33-27(35)16-26-29(36)34(17-31(3,4)5)24-12-9-19(32)14-22(24)28(41-26)21-11-10-20(38-6)15-25(21)39-7/h9-12,14-15,18,23,26,28H,13,16-17H2,1-8H3,(H,33,35)/t23-,26+,28+/m0/s1. The summed E-state index contributed by atoms with van der Waals surface area (Å²) < 4.78 is 22.5. The lowest BCUT2D eigenvalue weighted by atomic mass is 9.94. The van der Waals surface area contributed by atoms with Gasteiger partial charge in [0.2, 0.25) is 5.91 Å². The van der Waals surface area contributed by atoms with Crippen molar-refractivity contribution in [3.05, 3.63) is 52.5 Å². The number of ether oxygens (including phenoxy) is 4. The topological polar surface area (TPSA) is 103 Å². The van der Waals surface area contributed by atoms with Gasteiger partial charge in [-0.15, -0.1) is 0 Å². The highest BCUT2D eigenvalue weighted by atomic mass is 35.5. The van der Waals surface area contributed by atoms with Gasteiger partial charge >= 0.3 is 5.97 Å². The van der Waals surface area contributed by atoms with Crippen LogP contribution in [0.25, 0.3) is 0 Å². The van der Waals surface area contributed by atoms with Crippen molar-refractivity contribution in [3.8, 4) is 11.5 Å². The average Bonchev–Trinajstić information content (AvgIpc) is 3.01. The Labute approximate surface area is 247 Å². The second-order valence-corrected chi connectivity index (χ2v) is 12.2. The van der Waals surface area contributed by atoms with E-state index in [0.717, 1.165) is 0 Å². The number of hydrogen-bond donors (Lipinski definition) is 1. The Kier molecular flexibility index (Phi) is 10.7. The van der Waals surface area contributed by atoms with Crippen LogP contribution in [0.15, 0.2) is 36.4 Å². The molecule has 0 radical (unpaired) electrons. The first-order valence-electron chi connectivity index (χ1n) is 13.6. The predicted octanol–water partition coefficient (Wildman–Crippen LogP) is 5.32. The van der Waals surface area contributed by atoms with E-state index in [-0.39, 0.29) is 23.7 Å². The quantitative estimate of drug-likeness (QED) is 0.375. The minimum atomic E-state index is -1.17. The second kappa shape index (κ2) is 13.6. The number of rotatable bonds is 10. The molecule has 0 spiro atoms. The van der Waals surface area contributed by atoms with Gasteiger partial charge in [0.15, 0.2) is 0 Å². The summed E-state index contributed by atoms with van der Waals surface area (Å²) in [5.41, 5.74) is 1.66. The van der Waals surface area contributed by atoms with Crippen LogP contribution >= 0.6 is 11.6 Å². The van der Waals surface area contributed by atoms with Gasteiger partial charge in [0.1, 0.15) is 29.7 Å². The fourth-order valence-corrected chi connectivity index (χ4v) is 5.05. The summed E-state index contributed by atoms with van der Waals surface area (Å²) in [4.78, 5) is 41.5. The van der Waals surface area contributed by atoms with Crippen LogP contribution in [0.5, 0.6) is 11.5 Å². The molecule has 0 aromatic heterocycles. The van der Waals surface area contributed by atoms with E-state index in [1.807, 2.05) is 40.7 Å². The van der Waals surface area contributed by atoms with E-state index in [0.29, 0.717) is 46.3 Å². The van der Waals surface area contributed by atoms with E-state index in [4.69, 9.17) is 30.5 Å². The lowest BCUT2D eigenvalue weighted by Crippen LogP contribution is -2.47. The molecule has 224 valence electrons. The molecule has 2 aromatic rings. The molecule has 3 rings (SSSR count). The fourth-order valence-electron chi connectivity index (χ4n) is 4.87. The number of carbonyl (C=O) groups excluding carboxylic acids is 3. The normalized spacial score (nSPS) is 17.9. The van der Waals surface area contributed by atoms with Crippen molar-refractivity contribution in [3.63, 3.8) is 0 Å². The first kappa shape index (κ1) is 32.2. The van der Waals surface area contributed by atoms with Gasteiger partial charge in [0.25, 0.3) is 5.91 Å². The number of nitrogens with zero attached hydrogens (tertiary/aromatic N) is 1. The molecule has 0 saturated heterocycles. The van der Waals surface area contributed by atoms with Crippen LogP contribution in [0.1, 0.15) is 64.7 Å². The molecule has 2 amide bonds. The molecule has 0 saturated carbocycles. The Hall–Kier alpha value is -3.30. The molecular formula is C31H41ClN2O7. The minimum absolute atomic E-state index is 0.128. The Balaban J connectivity index is 2.11. The summed E-state index contributed by atoms with van der Waals surface area (Å²) in [5.74, 6) is -0.207. The molecule has 2 aromatic carbocycles. The van der Waals surface area contributed by atoms with E-state index < -0.39 is 30.1 Å². The first-order chi connectivity index (χ1) is 19.3. The van der Waals surface area contributed by atoms with Gasteiger partial charge in [0.05, 0.1) is 27.8 Å². The summed E-state index contributed by atoms with van der Waals surface area (Å²) >= 11 is 6.47. The third-order valence-corrected chi connectivity index (χ3v) is 6.89. The molecular weight excluding hydrogens is 548 g/mol. The number of nitrogens with one attached hydrogen (secondary N) is 1. The van der Waals surface area contributed by atoms with Crippen molar-refractivity contribution in [1.29, 1.82) is 0 Å². The third kappa shape index (κ3) is 8.14. The predicted molar refractivity (Wildman–Crippen MR) is 158 cm³/mol. The van der Waals surface area contributed by atoms with Crippen LogP contribution in [-0.4, -0.2) is 57.8 Å². The molecule has 41 heavy (non-hydrogen) atoms. The van der Waals surface area contributed by atoms with Crippen molar-refractivity contribution in [2.45, 2.75) is 65.7 Å². The van der Waals surface area contributed by atoms with Gasteiger partial charge in [-0.2, -0.15) is 0 Å². The Morgan fingerprint density at radius 1 is 1.05 bits per heavy atom. The molecule has 0 fully saturated rings. The molecule has 1 aliphatic rings. The molecule has 9 nitrogen and oxygen atoms in total. The molecule has 0 unspecified atom stereocenters. The van der Waals surface area contributed by atoms with E-state index in [1.54, 1.807) is 42.3 Å². The van der Waals surface area contributed by atoms with Gasteiger partial charge in [-0.3, -0.25) is 9.59 Å². The summed E-state index contributed by atoms with van der Waals surface area (Å²) in [6.45, 7) is 10.3. The van der Waals surface area contributed by atoms with Crippen LogP contribution in [0.2, 0.25) is 5.02 Å². The number of amides is 2. The van der Waals surface area contributed by atoms with E-state index in [2.05, 4.69) is 5.32 Å². The highest BCUT2D eigenvalue weighted by molar-refractivity contribution is 6.30. The van der Waals surface area contributed by atoms with Crippen LogP contribution in [0, 0.1) is 11.3 Å². The highest BCUT2D eigenvalue weighted by Gasteiger charge is 2.40. The Bertz CT molecular complexity index is 1260. The van der Waals surface area contributed by atoms with Crippen molar-refractivity contribution in [2.75, 3.05) is 32.8 Å². The second-order valence-electron chi connectivity index (χ2n) is 11.8. The smallest absolute Gasteiger partial charge is 0.328 e. The first-order valence-corrected chi connectivity index (χ1v) is 14.0. The number of methoxy groups -OCH3 is 3. The number of benzene rings is 2. The number of hydrogen-bond acceptors (Lipinski definition) is 7. The number of fused-ring (bicyclic) bond motifs is 1. The van der Waals surface area contributed by atoms with E-state index >= 15 is 0 Å². The largest absolute Gasteiger partial charge is 0.497 e. The zero-order chi connectivity index (χ0) is 30.5. The SMILES string of the molecule is COC(=O)[C@H](CC(C)C)NC(=O)C[C@H]1O[C@H](c2ccc(OC)cc2OC)c2cc(Cl)ccc2N(CC(C)(C)C)C1=O. The average molecular weight is 589 g/mol. The van der Waals surface area contributed by atoms with Crippen molar-refractivity contribution >= 4 is 35.1 Å². The summed E-state index contributed by atoms with van der Waals surface area (Å²) in [7, 11) is 4.38. The minimum Gasteiger partial charge on any atom is -0.497 e. The summed E-state index contributed by atoms with van der Waals surface area (Å²) in [5, 5.41) is 3.22. The van der Waals surface area contributed by atoms with E-state index in [1.165, 1.54) is 14.2 Å². The van der Waals surface area contributed by atoms with Crippen LogP contribution < -0.4 is 19.7 Å². The molecule has 0 aliphatic carbocycles. The maximum absolute atomic E-state index is 14.1. The summed E-state index contributed by atoms with van der Waals surface area (Å²) in [6, 6.07) is 9.78. The molecule has 10 heteroatoms. The third-order valence-electron chi connectivity index (χ3n) is 6.66. The molecule has 1 aliphatic heterocycles. The van der Waals surface area contributed by atoms with Crippen LogP contribution in [-0.2, 0) is 23.9 Å². The number of halogens is 1. The number of anilines is 1. The molecule has 0 bridgehead atoms. The zero-order valence-corrected chi connectivity index (χ0v) is 25.8. The van der Waals surface area contributed by atoms with E-state index in [9.17, 15) is 14.4 Å².